The third-order valence-corrected chi connectivity index (χ3v) is 2.38. The first-order valence-electron chi connectivity index (χ1n) is 4.07. The average molecular weight is 250 g/mol. The first-order chi connectivity index (χ1) is 7.00. The molecule has 0 bridgehead atoms. The quantitative estimate of drug-likeness (QED) is 0.854. The summed E-state index contributed by atoms with van der Waals surface area (Å²) in [6, 6.07) is 3.59. The van der Waals surface area contributed by atoms with Crippen LogP contribution in [0.25, 0.3) is 0 Å². The molecule has 0 aliphatic heterocycles. The van der Waals surface area contributed by atoms with Gasteiger partial charge in [0, 0.05) is 6.07 Å². The van der Waals surface area contributed by atoms with Gasteiger partial charge in [-0.3, -0.25) is 4.79 Å². The van der Waals surface area contributed by atoms with Gasteiger partial charge in [0.05, 0.1) is 10.0 Å². The summed E-state index contributed by atoms with van der Waals surface area (Å²) in [7, 11) is 0. The predicted molar refractivity (Wildman–Crippen MR) is 57.6 cm³/mol. The minimum Gasteiger partial charge on any atom is -0.491 e. The molecule has 0 unspecified atom stereocenters. The minimum atomic E-state index is -1.12. The van der Waals surface area contributed by atoms with Crippen molar-refractivity contribution in [1.29, 1.82) is 0 Å². The number of ether oxygens (including phenoxy) is 1. The van der Waals surface area contributed by atoms with E-state index in [0.29, 0.717) is 15.8 Å². The maximum Gasteiger partial charge on any atom is 0.324 e. The van der Waals surface area contributed by atoms with E-state index in [9.17, 15) is 4.79 Å². The molecule has 0 saturated carbocycles. The maximum atomic E-state index is 10.4. The lowest BCUT2D eigenvalue weighted by molar-refractivity contribution is -0.139. The van der Waals surface area contributed by atoms with E-state index in [1.807, 2.05) is 0 Å². The van der Waals surface area contributed by atoms with Crippen LogP contribution >= 0.6 is 23.2 Å². The van der Waals surface area contributed by atoms with E-state index in [1.54, 1.807) is 12.1 Å². The molecule has 1 rings (SSSR count). The van der Waals surface area contributed by atoms with Crippen LogP contribution in [0.3, 0.4) is 0 Å². The zero-order valence-corrected chi connectivity index (χ0v) is 9.13. The lowest BCUT2D eigenvalue weighted by Gasteiger charge is -2.09. The lowest BCUT2D eigenvalue weighted by Crippen LogP contribution is -2.36. The van der Waals surface area contributed by atoms with Crippen molar-refractivity contribution in [2.45, 2.75) is 6.04 Å². The Kier molecular flexibility index (Phi) is 4.20. The smallest absolute Gasteiger partial charge is 0.324 e. The molecule has 0 saturated heterocycles. The summed E-state index contributed by atoms with van der Waals surface area (Å²) < 4.78 is 5.12. The van der Waals surface area contributed by atoms with Gasteiger partial charge in [-0.15, -0.1) is 0 Å². The van der Waals surface area contributed by atoms with E-state index in [1.165, 1.54) is 6.07 Å². The van der Waals surface area contributed by atoms with E-state index >= 15 is 0 Å². The topological polar surface area (TPSA) is 72.5 Å². The van der Waals surface area contributed by atoms with E-state index < -0.39 is 12.0 Å². The summed E-state index contributed by atoms with van der Waals surface area (Å²) in [6.07, 6.45) is 0. The third-order valence-electron chi connectivity index (χ3n) is 1.64. The largest absolute Gasteiger partial charge is 0.491 e. The molecule has 3 N–H and O–H groups in total. The number of hydrogen-bond donors (Lipinski definition) is 2. The molecule has 0 amide bonds. The Bertz CT molecular complexity index is 370. The van der Waals surface area contributed by atoms with Gasteiger partial charge in [0.1, 0.15) is 18.4 Å². The highest BCUT2D eigenvalue weighted by molar-refractivity contribution is 6.42. The number of carboxylic acids is 1. The highest BCUT2D eigenvalue weighted by Gasteiger charge is 2.12. The van der Waals surface area contributed by atoms with E-state index in [2.05, 4.69) is 0 Å². The zero-order chi connectivity index (χ0) is 11.4. The van der Waals surface area contributed by atoms with Crippen molar-refractivity contribution >= 4 is 29.2 Å². The number of rotatable bonds is 4. The van der Waals surface area contributed by atoms with Gasteiger partial charge >= 0.3 is 5.97 Å². The fraction of sp³-hybridized carbons (Fsp3) is 0.222. The van der Waals surface area contributed by atoms with E-state index in [0.717, 1.165) is 0 Å². The van der Waals surface area contributed by atoms with Crippen LogP contribution in [0.2, 0.25) is 10.0 Å². The summed E-state index contributed by atoms with van der Waals surface area (Å²) in [5, 5.41) is 9.26. The molecule has 0 fully saturated rings. The van der Waals surface area contributed by atoms with Gasteiger partial charge in [-0.1, -0.05) is 23.2 Å². The van der Waals surface area contributed by atoms with Crippen molar-refractivity contribution < 1.29 is 14.6 Å². The van der Waals surface area contributed by atoms with Crippen molar-refractivity contribution in [3.05, 3.63) is 28.2 Å². The van der Waals surface area contributed by atoms with Gasteiger partial charge in [0.2, 0.25) is 0 Å². The first kappa shape index (κ1) is 12.1. The van der Waals surface area contributed by atoms with Crippen LogP contribution in [-0.2, 0) is 4.79 Å². The van der Waals surface area contributed by atoms with Crippen LogP contribution in [-0.4, -0.2) is 23.7 Å². The van der Waals surface area contributed by atoms with Gasteiger partial charge in [-0.2, -0.15) is 0 Å². The van der Waals surface area contributed by atoms with Crippen molar-refractivity contribution in [2.24, 2.45) is 5.73 Å². The summed E-state index contributed by atoms with van der Waals surface area (Å²) in [5.74, 6) is -0.684. The molecule has 6 heteroatoms. The second-order valence-electron chi connectivity index (χ2n) is 2.83. The summed E-state index contributed by atoms with van der Waals surface area (Å²) in [6.45, 7) is -0.118. The van der Waals surface area contributed by atoms with Crippen molar-refractivity contribution in [3.8, 4) is 5.75 Å². The van der Waals surface area contributed by atoms with Crippen LogP contribution in [0.5, 0.6) is 5.75 Å². The van der Waals surface area contributed by atoms with Gasteiger partial charge in [0.25, 0.3) is 0 Å². The van der Waals surface area contributed by atoms with Crippen molar-refractivity contribution in [1.82, 2.24) is 0 Å². The molecule has 0 heterocycles. The molecule has 0 radical (unpaired) electrons. The molecule has 4 nitrogen and oxygen atoms in total. The highest BCUT2D eigenvalue weighted by atomic mass is 35.5. The molecule has 0 aliphatic rings. The Morgan fingerprint density at radius 2 is 2.13 bits per heavy atom. The average Bonchev–Trinajstić information content (AvgIpc) is 2.19. The number of carbonyl (C=O) groups is 1. The standard InChI is InChI=1S/C9H9Cl2NO3/c10-6-2-1-5(3-7(6)11)15-4-8(12)9(13)14/h1-3,8H,4,12H2,(H,13,14)/t8-/m0/s1. The monoisotopic (exact) mass is 249 g/mol. The van der Waals surface area contributed by atoms with Gasteiger partial charge < -0.3 is 15.6 Å². The summed E-state index contributed by atoms with van der Waals surface area (Å²) >= 11 is 11.4. The molecule has 0 spiro atoms. The number of halogens is 2. The predicted octanol–water partition coefficient (Wildman–Crippen LogP) is 1.78. The van der Waals surface area contributed by atoms with Crippen LogP contribution < -0.4 is 10.5 Å². The SMILES string of the molecule is N[C@@H](COc1ccc(Cl)c(Cl)c1)C(=O)O. The fourth-order valence-corrected chi connectivity index (χ4v) is 1.11. The Labute approximate surface area is 96.5 Å². The van der Waals surface area contributed by atoms with E-state index in [-0.39, 0.29) is 6.61 Å². The molecular weight excluding hydrogens is 241 g/mol. The van der Waals surface area contributed by atoms with E-state index in [4.69, 9.17) is 38.8 Å². The van der Waals surface area contributed by atoms with Crippen LogP contribution in [0.4, 0.5) is 0 Å². The van der Waals surface area contributed by atoms with Crippen LogP contribution in [0, 0.1) is 0 Å². The molecule has 82 valence electrons. The molecule has 1 aromatic carbocycles. The maximum absolute atomic E-state index is 10.4. The second kappa shape index (κ2) is 5.21. The summed E-state index contributed by atoms with van der Waals surface area (Å²) in [4.78, 5) is 10.4. The molecule has 0 aliphatic carbocycles. The van der Waals surface area contributed by atoms with Crippen LogP contribution in [0.15, 0.2) is 18.2 Å². The number of benzene rings is 1. The Balaban J connectivity index is 2.58. The molecule has 15 heavy (non-hydrogen) atoms. The lowest BCUT2D eigenvalue weighted by atomic mass is 10.3. The molecule has 0 aromatic heterocycles. The Hall–Kier alpha value is -0.970. The highest BCUT2D eigenvalue weighted by Crippen LogP contribution is 2.26. The first-order valence-corrected chi connectivity index (χ1v) is 4.82. The molecule has 1 aromatic rings. The van der Waals surface area contributed by atoms with Gasteiger partial charge in [-0.05, 0) is 12.1 Å². The van der Waals surface area contributed by atoms with Gasteiger partial charge in [0.15, 0.2) is 0 Å². The Morgan fingerprint density at radius 1 is 1.47 bits per heavy atom. The number of aliphatic carboxylic acids is 1. The van der Waals surface area contributed by atoms with Gasteiger partial charge in [-0.25, -0.2) is 0 Å². The zero-order valence-electron chi connectivity index (χ0n) is 7.61. The second-order valence-corrected chi connectivity index (χ2v) is 3.65. The minimum absolute atomic E-state index is 0.118. The molecular formula is C9H9Cl2NO3. The van der Waals surface area contributed by atoms with Crippen molar-refractivity contribution in [2.75, 3.05) is 6.61 Å². The molecule has 1 atom stereocenters. The normalized spacial score (nSPS) is 12.2. The third kappa shape index (κ3) is 3.58. The number of nitrogens with two attached hydrogens (primary N) is 1. The fourth-order valence-electron chi connectivity index (χ4n) is 0.824. The van der Waals surface area contributed by atoms with Crippen LogP contribution in [0.1, 0.15) is 0 Å². The van der Waals surface area contributed by atoms with Crippen molar-refractivity contribution in [3.63, 3.8) is 0 Å². The number of hydrogen-bond acceptors (Lipinski definition) is 3. The number of carboxylic acid groups (broad SMARTS) is 1. The Morgan fingerprint density at radius 3 is 2.67 bits per heavy atom. The summed E-state index contributed by atoms with van der Waals surface area (Å²) in [5.41, 5.74) is 5.25.